The van der Waals surface area contributed by atoms with E-state index in [1.54, 1.807) is 12.1 Å². The first-order chi connectivity index (χ1) is 16.3. The number of ether oxygens (including phenoxy) is 4. The van der Waals surface area contributed by atoms with Crippen LogP contribution < -0.4 is 24.5 Å². The normalized spacial score (nSPS) is 16.9. The van der Waals surface area contributed by atoms with Crippen LogP contribution in [0.2, 0.25) is 0 Å². The number of rotatable bonds is 5. The van der Waals surface area contributed by atoms with Crippen molar-refractivity contribution in [1.82, 2.24) is 4.57 Å². The highest BCUT2D eigenvalue weighted by molar-refractivity contribution is 5.95. The quantitative estimate of drug-likeness (QED) is 0.447. The highest BCUT2D eigenvalue weighted by atomic mass is 16.6. The Kier molecular flexibility index (Phi) is 5.58. The number of non-ortho nitro benzene ring substituents is 1. The number of hydrogen-bond donors (Lipinski definition) is 1. The number of nitro groups is 1. The van der Waals surface area contributed by atoms with E-state index in [1.165, 1.54) is 51.1 Å². The van der Waals surface area contributed by atoms with E-state index in [9.17, 15) is 20.2 Å². The van der Waals surface area contributed by atoms with Crippen molar-refractivity contribution in [2.45, 2.75) is 5.92 Å². The number of benzene rings is 2. The summed E-state index contributed by atoms with van der Waals surface area (Å²) in [5.74, 6) is -1.50. The molecule has 11 heteroatoms. The maximum Gasteiger partial charge on any atom is 0.270 e. The number of nitro benzene ring substituents is 1. The fourth-order valence-electron chi connectivity index (χ4n) is 4.29. The molecule has 0 aliphatic carbocycles. The van der Waals surface area contributed by atoms with Gasteiger partial charge in [-0.3, -0.25) is 20.3 Å². The fourth-order valence-corrected chi connectivity index (χ4v) is 4.29. The Balaban J connectivity index is 2.11. The average molecular weight is 464 g/mol. The zero-order valence-electron chi connectivity index (χ0n) is 18.7. The molecule has 0 amide bonds. The lowest BCUT2D eigenvalue weighted by molar-refractivity contribution is -0.384. The van der Waals surface area contributed by atoms with Crippen LogP contribution in [0.5, 0.6) is 23.0 Å². The number of methoxy groups -OCH3 is 3. The van der Waals surface area contributed by atoms with Crippen molar-refractivity contribution >= 4 is 22.5 Å². The van der Waals surface area contributed by atoms with E-state index in [4.69, 9.17) is 24.4 Å². The minimum Gasteiger partial charge on any atom is -0.493 e. The first kappa shape index (κ1) is 22.6. The zero-order chi connectivity index (χ0) is 24.7. The largest absolute Gasteiger partial charge is 0.493 e. The molecule has 1 N–H and O–H groups in total. The molecule has 11 nitrogen and oxygen atoms in total. The second-order valence-corrected chi connectivity index (χ2v) is 7.57. The maximum absolute atomic E-state index is 13.5. The highest BCUT2D eigenvalue weighted by Gasteiger charge is 2.41. The van der Waals surface area contributed by atoms with Crippen LogP contribution in [-0.4, -0.2) is 36.7 Å². The molecule has 34 heavy (non-hydrogen) atoms. The number of aryl methyl sites for hydroxylation is 1. The summed E-state index contributed by atoms with van der Waals surface area (Å²) >= 11 is 0. The molecule has 0 saturated carbocycles. The monoisotopic (exact) mass is 464 g/mol. The van der Waals surface area contributed by atoms with E-state index < -0.39 is 22.3 Å². The molecule has 2 heterocycles. The van der Waals surface area contributed by atoms with Gasteiger partial charge in [0.25, 0.3) is 11.2 Å². The zero-order valence-corrected chi connectivity index (χ0v) is 18.7. The third-order valence-electron chi connectivity index (χ3n) is 5.90. The van der Waals surface area contributed by atoms with Crippen LogP contribution in [0.3, 0.4) is 0 Å². The summed E-state index contributed by atoms with van der Waals surface area (Å²) in [6, 6.07) is 9.30. The van der Waals surface area contributed by atoms with Gasteiger partial charge in [-0.05, 0) is 23.8 Å². The summed E-state index contributed by atoms with van der Waals surface area (Å²) in [6.45, 7) is 0. The predicted molar refractivity (Wildman–Crippen MR) is 121 cm³/mol. The van der Waals surface area contributed by atoms with Gasteiger partial charge in [0, 0.05) is 30.5 Å². The second-order valence-electron chi connectivity index (χ2n) is 7.57. The number of aromatic nitrogens is 1. The van der Waals surface area contributed by atoms with Crippen LogP contribution in [0.4, 0.5) is 5.69 Å². The van der Waals surface area contributed by atoms with Gasteiger partial charge in [-0.15, -0.1) is 0 Å². The van der Waals surface area contributed by atoms with Gasteiger partial charge in [0.15, 0.2) is 11.5 Å². The van der Waals surface area contributed by atoms with Crippen LogP contribution in [0.25, 0.3) is 10.9 Å². The first-order valence-corrected chi connectivity index (χ1v) is 10.0. The first-order valence-electron chi connectivity index (χ1n) is 10.0. The minimum atomic E-state index is -1.14. The van der Waals surface area contributed by atoms with Gasteiger partial charge < -0.3 is 23.5 Å². The van der Waals surface area contributed by atoms with Gasteiger partial charge >= 0.3 is 0 Å². The van der Waals surface area contributed by atoms with E-state index in [-0.39, 0.29) is 28.3 Å². The van der Waals surface area contributed by atoms with Crippen LogP contribution >= 0.6 is 0 Å². The molecule has 0 fully saturated rings. The fraction of sp³-hybridized carbons (Fsp3) is 0.261. The molecule has 0 bridgehead atoms. The Morgan fingerprint density at radius 1 is 1.15 bits per heavy atom. The molecule has 174 valence electrons. The van der Waals surface area contributed by atoms with Crippen LogP contribution in [-0.2, 0) is 7.05 Å². The SMILES string of the molecule is COc1cc(C2c3c(c4cc([N+](=O)[O-])ccc4n(C)c3=O)OC(=N)C2C#N)cc(OC)c1OC. The third-order valence-corrected chi connectivity index (χ3v) is 5.90. The standard InChI is InChI=1S/C23H20N4O7/c1-26-15-6-5-12(27(29)30)9-13(15)20-19(23(26)28)18(14(10-24)22(25)34-20)11-7-16(31-2)21(33-4)17(8-11)32-3/h5-9,14,18,25H,1-4H3. The van der Waals surface area contributed by atoms with Crippen molar-refractivity contribution < 1.29 is 23.9 Å². The lowest BCUT2D eigenvalue weighted by atomic mass is 9.78. The van der Waals surface area contributed by atoms with Gasteiger partial charge in [0.2, 0.25) is 11.6 Å². The van der Waals surface area contributed by atoms with E-state index in [0.29, 0.717) is 28.3 Å². The molecule has 2 unspecified atom stereocenters. The van der Waals surface area contributed by atoms with Gasteiger partial charge in [0.05, 0.1) is 43.4 Å². The van der Waals surface area contributed by atoms with Crippen molar-refractivity contribution in [2.24, 2.45) is 13.0 Å². The Morgan fingerprint density at radius 2 is 1.79 bits per heavy atom. The molecule has 0 spiro atoms. The molecule has 1 aliphatic heterocycles. The number of nitrogens with zero attached hydrogens (tertiary/aromatic N) is 3. The van der Waals surface area contributed by atoms with E-state index in [0.717, 1.165) is 0 Å². The lowest BCUT2D eigenvalue weighted by Gasteiger charge is -2.31. The van der Waals surface area contributed by atoms with Crippen molar-refractivity contribution in [3.8, 4) is 29.1 Å². The molecule has 1 aliphatic rings. The molecule has 2 aromatic carbocycles. The molecule has 1 aromatic heterocycles. The summed E-state index contributed by atoms with van der Waals surface area (Å²) in [4.78, 5) is 24.3. The van der Waals surface area contributed by atoms with E-state index >= 15 is 0 Å². The van der Waals surface area contributed by atoms with Crippen molar-refractivity contribution in [3.05, 3.63) is 61.9 Å². The Labute approximate surface area is 193 Å². The minimum absolute atomic E-state index is 0.0112. The van der Waals surface area contributed by atoms with Crippen LogP contribution in [0.1, 0.15) is 17.0 Å². The Morgan fingerprint density at radius 3 is 2.32 bits per heavy atom. The maximum atomic E-state index is 13.5. The highest BCUT2D eigenvalue weighted by Crippen LogP contribution is 2.47. The second kappa shape index (κ2) is 8.40. The van der Waals surface area contributed by atoms with Gasteiger partial charge in [-0.2, -0.15) is 5.26 Å². The van der Waals surface area contributed by atoms with Crippen LogP contribution in [0.15, 0.2) is 35.1 Å². The smallest absolute Gasteiger partial charge is 0.270 e. The molecular formula is C23H20N4O7. The van der Waals surface area contributed by atoms with Gasteiger partial charge in [0.1, 0.15) is 11.7 Å². The average Bonchev–Trinajstić information content (AvgIpc) is 2.85. The molecule has 2 atom stereocenters. The van der Waals surface area contributed by atoms with Gasteiger partial charge in [-0.25, -0.2) is 0 Å². The number of pyridine rings is 1. The molecule has 3 aromatic rings. The third kappa shape index (κ3) is 3.27. The number of nitriles is 1. The van der Waals surface area contributed by atoms with E-state index in [2.05, 4.69) is 6.07 Å². The van der Waals surface area contributed by atoms with Crippen molar-refractivity contribution in [1.29, 1.82) is 10.7 Å². The predicted octanol–water partition coefficient (Wildman–Crippen LogP) is 3.11. The van der Waals surface area contributed by atoms with E-state index in [1.807, 2.05) is 0 Å². The summed E-state index contributed by atoms with van der Waals surface area (Å²) in [5.41, 5.74) is 0.295. The summed E-state index contributed by atoms with van der Waals surface area (Å²) in [5, 5.41) is 30.0. The van der Waals surface area contributed by atoms with Crippen molar-refractivity contribution in [3.63, 3.8) is 0 Å². The summed E-state index contributed by atoms with van der Waals surface area (Å²) < 4.78 is 23.2. The van der Waals surface area contributed by atoms with Crippen molar-refractivity contribution in [2.75, 3.05) is 21.3 Å². The topological polar surface area (TPSA) is 150 Å². The lowest BCUT2D eigenvalue weighted by Crippen LogP contribution is -2.37. The number of fused-ring (bicyclic) bond motifs is 3. The Hall–Kier alpha value is -4.59. The Bertz CT molecular complexity index is 1430. The summed E-state index contributed by atoms with van der Waals surface area (Å²) in [7, 11) is 5.86. The molecular weight excluding hydrogens is 444 g/mol. The molecule has 4 rings (SSSR count). The van der Waals surface area contributed by atoms with Crippen LogP contribution in [0, 0.1) is 32.8 Å². The number of nitrogens with one attached hydrogen (secondary N) is 1. The molecule has 0 radical (unpaired) electrons. The molecule has 0 saturated heterocycles. The number of hydrogen-bond acceptors (Lipinski definition) is 9. The van der Waals surface area contributed by atoms with Gasteiger partial charge in [-0.1, -0.05) is 0 Å². The summed E-state index contributed by atoms with van der Waals surface area (Å²) in [6.07, 6.45) is 0.